The molecule has 0 radical (unpaired) electrons. The molecule has 0 unspecified atom stereocenters. The van der Waals surface area contributed by atoms with Crippen LogP contribution in [0.3, 0.4) is 0 Å². The van der Waals surface area contributed by atoms with Crippen molar-refractivity contribution in [3.8, 4) is 0 Å². The van der Waals surface area contributed by atoms with E-state index in [1.165, 1.54) is 51.0 Å². The molecule has 1 aromatic carbocycles. The maximum Gasteiger partial charge on any atom is 0.126 e. The average molecular weight is 296 g/mol. The molecule has 0 heterocycles. The zero-order valence-corrected chi connectivity index (χ0v) is 12.7. The van der Waals surface area contributed by atoms with Crippen LogP contribution in [-0.2, 0) is 6.42 Å². The largest absolute Gasteiger partial charge is 0.313 e. The van der Waals surface area contributed by atoms with Crippen molar-refractivity contribution < 1.29 is 4.39 Å². The summed E-state index contributed by atoms with van der Waals surface area (Å²) in [6, 6.07) is 5.67. The monoisotopic (exact) mass is 295 g/mol. The van der Waals surface area contributed by atoms with Crippen LogP contribution in [0.4, 0.5) is 4.39 Å². The van der Waals surface area contributed by atoms with Crippen LogP contribution in [0.1, 0.15) is 50.5 Å². The Morgan fingerprint density at radius 2 is 1.95 bits per heavy atom. The van der Waals surface area contributed by atoms with Crippen molar-refractivity contribution in [2.45, 2.75) is 57.4 Å². The van der Waals surface area contributed by atoms with Gasteiger partial charge in [-0.2, -0.15) is 0 Å². The number of hydrogen-bond donors (Lipinski definition) is 1. The van der Waals surface area contributed by atoms with E-state index in [4.69, 9.17) is 11.6 Å². The third kappa shape index (κ3) is 3.53. The van der Waals surface area contributed by atoms with Gasteiger partial charge in [0, 0.05) is 17.6 Å². The zero-order chi connectivity index (χ0) is 14.0. The summed E-state index contributed by atoms with van der Waals surface area (Å²) in [5, 5.41) is 4.31. The molecule has 3 heteroatoms. The fraction of sp³-hybridized carbons (Fsp3) is 0.647. The zero-order valence-electron chi connectivity index (χ0n) is 11.9. The highest BCUT2D eigenvalue weighted by Gasteiger charge is 2.34. The van der Waals surface area contributed by atoms with E-state index in [1.54, 1.807) is 6.07 Å². The summed E-state index contributed by atoms with van der Waals surface area (Å²) in [4.78, 5) is 0. The number of halogens is 2. The molecule has 2 aliphatic carbocycles. The molecule has 0 spiro atoms. The third-order valence-corrected chi connectivity index (χ3v) is 5.07. The Labute approximate surface area is 125 Å². The molecule has 1 aromatic rings. The van der Waals surface area contributed by atoms with E-state index in [0.717, 1.165) is 24.6 Å². The van der Waals surface area contributed by atoms with Crippen LogP contribution >= 0.6 is 11.6 Å². The normalized spacial score (nSPS) is 21.9. The molecule has 0 atom stereocenters. The Kier molecular flexibility index (Phi) is 4.32. The van der Waals surface area contributed by atoms with Gasteiger partial charge in [0.25, 0.3) is 0 Å². The first-order valence-electron chi connectivity index (χ1n) is 7.84. The van der Waals surface area contributed by atoms with E-state index in [-0.39, 0.29) is 11.2 Å². The van der Waals surface area contributed by atoms with Gasteiger partial charge in [0.2, 0.25) is 0 Å². The molecule has 0 saturated heterocycles. The Morgan fingerprint density at radius 3 is 2.65 bits per heavy atom. The smallest absolute Gasteiger partial charge is 0.126 e. The van der Waals surface area contributed by atoms with Crippen LogP contribution in [0.5, 0.6) is 0 Å². The van der Waals surface area contributed by atoms with E-state index in [9.17, 15) is 4.39 Å². The Bertz CT molecular complexity index is 464. The molecule has 1 N–H and O–H groups in total. The molecular formula is C17H23ClFN. The van der Waals surface area contributed by atoms with Gasteiger partial charge in [-0.15, -0.1) is 0 Å². The molecule has 20 heavy (non-hydrogen) atoms. The number of rotatable bonds is 5. The first-order chi connectivity index (χ1) is 9.67. The summed E-state index contributed by atoms with van der Waals surface area (Å²) in [7, 11) is 0. The van der Waals surface area contributed by atoms with Crippen LogP contribution in [0.25, 0.3) is 0 Å². The summed E-state index contributed by atoms with van der Waals surface area (Å²) in [5.41, 5.74) is 1.02. The highest BCUT2D eigenvalue weighted by atomic mass is 35.5. The minimum atomic E-state index is -0.106. The maximum absolute atomic E-state index is 14.0. The summed E-state index contributed by atoms with van der Waals surface area (Å²) in [5.74, 6) is -0.106. The van der Waals surface area contributed by atoms with Crippen molar-refractivity contribution in [2.24, 2.45) is 5.41 Å². The van der Waals surface area contributed by atoms with Crippen molar-refractivity contribution in [3.63, 3.8) is 0 Å². The lowest BCUT2D eigenvalue weighted by molar-refractivity contribution is 0.178. The van der Waals surface area contributed by atoms with Gasteiger partial charge in [0.1, 0.15) is 5.82 Å². The maximum atomic E-state index is 14.0. The van der Waals surface area contributed by atoms with Crippen LogP contribution in [0, 0.1) is 11.2 Å². The first kappa shape index (κ1) is 14.3. The molecule has 0 bridgehead atoms. The Balaban J connectivity index is 1.75. The van der Waals surface area contributed by atoms with Crippen LogP contribution in [-0.4, -0.2) is 12.6 Å². The van der Waals surface area contributed by atoms with Gasteiger partial charge in [0.15, 0.2) is 0 Å². The highest BCUT2D eigenvalue weighted by molar-refractivity contribution is 6.30. The fourth-order valence-electron chi connectivity index (χ4n) is 3.45. The Hall–Kier alpha value is -0.600. The van der Waals surface area contributed by atoms with Crippen molar-refractivity contribution >= 4 is 11.6 Å². The van der Waals surface area contributed by atoms with E-state index >= 15 is 0 Å². The average Bonchev–Trinajstić information content (AvgIpc) is 3.26. The molecule has 2 saturated carbocycles. The SMILES string of the molecule is Fc1ccc(Cl)cc1CC1(CNC2CC2)CCCCC1. The Morgan fingerprint density at radius 1 is 1.20 bits per heavy atom. The summed E-state index contributed by atoms with van der Waals surface area (Å²) in [6.07, 6.45) is 9.71. The van der Waals surface area contributed by atoms with E-state index in [2.05, 4.69) is 5.32 Å². The molecule has 3 rings (SSSR count). The molecule has 0 aliphatic heterocycles. The topological polar surface area (TPSA) is 12.0 Å². The molecule has 2 aliphatic rings. The fourth-order valence-corrected chi connectivity index (χ4v) is 3.64. The lowest BCUT2D eigenvalue weighted by atomic mass is 9.70. The van der Waals surface area contributed by atoms with Gasteiger partial charge in [-0.1, -0.05) is 30.9 Å². The van der Waals surface area contributed by atoms with Crippen molar-refractivity contribution in [2.75, 3.05) is 6.54 Å². The molecule has 1 nitrogen and oxygen atoms in total. The second-order valence-electron chi connectivity index (χ2n) is 6.63. The molecule has 0 aromatic heterocycles. The molecule has 0 amide bonds. The van der Waals surface area contributed by atoms with E-state index < -0.39 is 0 Å². The van der Waals surface area contributed by atoms with Gasteiger partial charge in [0.05, 0.1) is 0 Å². The molecule has 110 valence electrons. The minimum Gasteiger partial charge on any atom is -0.313 e. The van der Waals surface area contributed by atoms with Gasteiger partial charge in [-0.05, 0) is 61.3 Å². The minimum absolute atomic E-state index is 0.106. The number of benzene rings is 1. The van der Waals surface area contributed by atoms with Crippen molar-refractivity contribution in [1.29, 1.82) is 0 Å². The van der Waals surface area contributed by atoms with Crippen molar-refractivity contribution in [3.05, 3.63) is 34.6 Å². The first-order valence-corrected chi connectivity index (χ1v) is 8.22. The third-order valence-electron chi connectivity index (χ3n) is 4.83. The number of nitrogens with one attached hydrogen (secondary N) is 1. The molecular weight excluding hydrogens is 273 g/mol. The van der Waals surface area contributed by atoms with Crippen LogP contribution in [0.2, 0.25) is 5.02 Å². The lowest BCUT2D eigenvalue weighted by Gasteiger charge is -2.38. The number of hydrogen-bond acceptors (Lipinski definition) is 1. The predicted molar refractivity (Wildman–Crippen MR) is 81.7 cm³/mol. The summed E-state index contributed by atoms with van der Waals surface area (Å²) in [6.45, 7) is 1.03. The van der Waals surface area contributed by atoms with Crippen LogP contribution in [0.15, 0.2) is 18.2 Å². The highest BCUT2D eigenvalue weighted by Crippen LogP contribution is 2.40. The van der Waals surface area contributed by atoms with Crippen LogP contribution < -0.4 is 5.32 Å². The second-order valence-corrected chi connectivity index (χ2v) is 7.06. The van der Waals surface area contributed by atoms with Gasteiger partial charge in [-0.3, -0.25) is 0 Å². The van der Waals surface area contributed by atoms with Gasteiger partial charge >= 0.3 is 0 Å². The lowest BCUT2D eigenvalue weighted by Crippen LogP contribution is -2.39. The second kappa shape index (κ2) is 6.03. The summed E-state index contributed by atoms with van der Waals surface area (Å²) >= 11 is 6.04. The van der Waals surface area contributed by atoms with E-state index in [1.807, 2.05) is 6.07 Å². The summed E-state index contributed by atoms with van der Waals surface area (Å²) < 4.78 is 14.0. The quantitative estimate of drug-likeness (QED) is 0.828. The standard InChI is InChI=1S/C17H23ClFN/c18-14-4-7-16(19)13(10-14)11-17(8-2-1-3-9-17)12-20-15-5-6-15/h4,7,10,15,20H,1-3,5-6,8-9,11-12H2. The van der Waals surface area contributed by atoms with Gasteiger partial charge in [-0.25, -0.2) is 4.39 Å². The molecule has 2 fully saturated rings. The predicted octanol–water partition coefficient (Wildman–Crippen LogP) is 4.72. The van der Waals surface area contributed by atoms with Gasteiger partial charge < -0.3 is 5.32 Å². The van der Waals surface area contributed by atoms with Crippen molar-refractivity contribution in [1.82, 2.24) is 5.32 Å². The van der Waals surface area contributed by atoms with E-state index in [0.29, 0.717) is 5.02 Å².